The zero-order valence-electron chi connectivity index (χ0n) is 15.6. The van der Waals surface area contributed by atoms with Gasteiger partial charge in [0.1, 0.15) is 0 Å². The molecule has 2 aliphatic rings. The number of thioether (sulfide) groups is 1. The van der Waals surface area contributed by atoms with E-state index in [0.29, 0.717) is 11.8 Å². The molecule has 1 saturated carbocycles. The van der Waals surface area contributed by atoms with Crippen molar-refractivity contribution >= 4 is 17.7 Å². The van der Waals surface area contributed by atoms with Crippen LogP contribution in [0.1, 0.15) is 75.2 Å². The number of aryl methyl sites for hydroxylation is 1. The first-order valence-electron chi connectivity index (χ1n) is 9.78. The number of hydrogen-bond donors (Lipinski definition) is 1. The SMILES string of the molecule is Cc1nc(SCC(=O)NCCC2=CCCCC2)n(C2CCCC2)c1C. The van der Waals surface area contributed by atoms with Gasteiger partial charge < -0.3 is 9.88 Å². The minimum Gasteiger partial charge on any atom is -0.355 e. The van der Waals surface area contributed by atoms with Crippen LogP contribution < -0.4 is 5.32 Å². The van der Waals surface area contributed by atoms with Gasteiger partial charge in [0, 0.05) is 18.3 Å². The number of allylic oxidation sites excluding steroid dienone is 1. The number of carbonyl (C=O) groups is 1. The summed E-state index contributed by atoms with van der Waals surface area (Å²) in [4.78, 5) is 16.9. The van der Waals surface area contributed by atoms with Crippen LogP contribution in [0.4, 0.5) is 0 Å². The fourth-order valence-electron chi connectivity index (χ4n) is 3.97. The predicted octanol–water partition coefficient (Wildman–Crippen LogP) is 4.71. The molecule has 0 atom stereocenters. The Morgan fingerprint density at radius 3 is 2.80 bits per heavy atom. The molecule has 0 saturated heterocycles. The van der Waals surface area contributed by atoms with Crippen molar-refractivity contribution in [3.8, 4) is 0 Å². The number of hydrogen-bond acceptors (Lipinski definition) is 3. The first-order valence-corrected chi connectivity index (χ1v) is 10.8. The third kappa shape index (κ3) is 4.90. The van der Waals surface area contributed by atoms with E-state index in [0.717, 1.165) is 23.8 Å². The molecule has 138 valence electrons. The second-order valence-corrected chi connectivity index (χ2v) is 8.31. The van der Waals surface area contributed by atoms with Gasteiger partial charge in [-0.15, -0.1) is 0 Å². The number of rotatable bonds is 7. The molecular weight excluding hydrogens is 330 g/mol. The molecule has 2 aliphatic carbocycles. The Morgan fingerprint density at radius 1 is 1.28 bits per heavy atom. The first-order chi connectivity index (χ1) is 12.1. The summed E-state index contributed by atoms with van der Waals surface area (Å²) in [5, 5.41) is 4.09. The third-order valence-corrected chi connectivity index (χ3v) is 6.48. The van der Waals surface area contributed by atoms with Gasteiger partial charge >= 0.3 is 0 Å². The van der Waals surface area contributed by atoms with Crippen molar-refractivity contribution in [1.29, 1.82) is 0 Å². The minimum atomic E-state index is 0.123. The maximum Gasteiger partial charge on any atom is 0.230 e. The zero-order valence-corrected chi connectivity index (χ0v) is 16.5. The fourth-order valence-corrected chi connectivity index (χ4v) is 4.95. The average Bonchev–Trinajstić information content (AvgIpc) is 3.23. The first kappa shape index (κ1) is 18.6. The van der Waals surface area contributed by atoms with Gasteiger partial charge in [0.05, 0.1) is 11.4 Å². The van der Waals surface area contributed by atoms with Crippen molar-refractivity contribution in [1.82, 2.24) is 14.9 Å². The van der Waals surface area contributed by atoms with E-state index in [-0.39, 0.29) is 5.91 Å². The molecule has 5 heteroatoms. The van der Waals surface area contributed by atoms with Crippen LogP contribution in [0.5, 0.6) is 0 Å². The van der Waals surface area contributed by atoms with Crippen molar-refractivity contribution < 1.29 is 4.79 Å². The van der Waals surface area contributed by atoms with Crippen LogP contribution in [0.15, 0.2) is 16.8 Å². The topological polar surface area (TPSA) is 46.9 Å². The summed E-state index contributed by atoms with van der Waals surface area (Å²) in [5.74, 6) is 0.583. The number of aromatic nitrogens is 2. The maximum absolute atomic E-state index is 12.2. The number of nitrogens with one attached hydrogen (secondary N) is 1. The highest BCUT2D eigenvalue weighted by molar-refractivity contribution is 7.99. The van der Waals surface area contributed by atoms with Crippen molar-refractivity contribution in [2.24, 2.45) is 0 Å². The summed E-state index contributed by atoms with van der Waals surface area (Å²) < 4.78 is 2.38. The van der Waals surface area contributed by atoms with Gasteiger partial charge in [0.2, 0.25) is 5.91 Å². The number of imidazole rings is 1. The van der Waals surface area contributed by atoms with Crippen molar-refractivity contribution in [3.05, 3.63) is 23.0 Å². The van der Waals surface area contributed by atoms with Crippen LogP contribution in [0, 0.1) is 13.8 Å². The molecule has 0 radical (unpaired) electrons. The van der Waals surface area contributed by atoms with E-state index >= 15 is 0 Å². The summed E-state index contributed by atoms with van der Waals surface area (Å²) in [6.07, 6.45) is 13.5. The molecule has 1 aromatic rings. The number of amides is 1. The normalized spacial score (nSPS) is 18.4. The van der Waals surface area contributed by atoms with Crippen LogP contribution in [0.25, 0.3) is 0 Å². The van der Waals surface area contributed by atoms with Gasteiger partial charge in [-0.05, 0) is 58.8 Å². The lowest BCUT2D eigenvalue weighted by atomic mass is 9.97. The lowest BCUT2D eigenvalue weighted by Crippen LogP contribution is -2.26. The van der Waals surface area contributed by atoms with E-state index in [1.807, 2.05) is 0 Å². The van der Waals surface area contributed by atoms with Crippen LogP contribution in [-0.4, -0.2) is 27.8 Å². The predicted molar refractivity (Wildman–Crippen MR) is 104 cm³/mol. The lowest BCUT2D eigenvalue weighted by Gasteiger charge is -2.17. The Balaban J connectivity index is 1.48. The van der Waals surface area contributed by atoms with Gasteiger partial charge in [-0.25, -0.2) is 4.98 Å². The highest BCUT2D eigenvalue weighted by Gasteiger charge is 2.23. The smallest absolute Gasteiger partial charge is 0.230 e. The number of nitrogens with zero attached hydrogens (tertiary/aromatic N) is 2. The van der Waals surface area contributed by atoms with Gasteiger partial charge in [-0.1, -0.05) is 36.3 Å². The molecule has 3 rings (SSSR count). The number of carbonyl (C=O) groups excluding carboxylic acids is 1. The van der Waals surface area contributed by atoms with Gasteiger partial charge in [0.25, 0.3) is 0 Å². The Labute approximate surface area is 155 Å². The Hall–Kier alpha value is -1.23. The quantitative estimate of drug-likeness (QED) is 0.565. The molecule has 1 aromatic heterocycles. The monoisotopic (exact) mass is 361 g/mol. The molecule has 25 heavy (non-hydrogen) atoms. The summed E-state index contributed by atoms with van der Waals surface area (Å²) in [6.45, 7) is 4.99. The Morgan fingerprint density at radius 2 is 2.08 bits per heavy atom. The van der Waals surface area contributed by atoms with E-state index in [1.54, 1.807) is 11.8 Å². The molecule has 0 aromatic carbocycles. The summed E-state index contributed by atoms with van der Waals surface area (Å²) in [5.41, 5.74) is 3.88. The summed E-state index contributed by atoms with van der Waals surface area (Å²) >= 11 is 1.59. The van der Waals surface area contributed by atoms with Crippen molar-refractivity contribution in [2.45, 2.75) is 82.8 Å². The standard InChI is InChI=1S/C20H31N3OS/c1-15-16(2)23(18-10-6-7-11-18)20(22-15)25-14-19(24)21-13-12-17-8-4-3-5-9-17/h8,18H,3-7,9-14H2,1-2H3,(H,21,24). The van der Waals surface area contributed by atoms with E-state index in [9.17, 15) is 4.79 Å². The third-order valence-electron chi connectivity index (χ3n) is 5.53. The highest BCUT2D eigenvalue weighted by atomic mass is 32.2. The second-order valence-electron chi connectivity index (χ2n) is 7.37. The molecule has 1 N–H and O–H groups in total. The molecule has 4 nitrogen and oxygen atoms in total. The van der Waals surface area contributed by atoms with Crippen LogP contribution in [0.2, 0.25) is 0 Å². The fraction of sp³-hybridized carbons (Fsp3) is 0.700. The highest BCUT2D eigenvalue weighted by Crippen LogP contribution is 2.35. The maximum atomic E-state index is 12.2. The molecular formula is C20H31N3OS. The van der Waals surface area contributed by atoms with Crippen LogP contribution in [0.3, 0.4) is 0 Å². The molecule has 0 bridgehead atoms. The Kier molecular flexibility index (Phi) is 6.63. The van der Waals surface area contributed by atoms with E-state index in [2.05, 4.69) is 29.8 Å². The van der Waals surface area contributed by atoms with Crippen molar-refractivity contribution in [2.75, 3.05) is 12.3 Å². The van der Waals surface area contributed by atoms with E-state index in [4.69, 9.17) is 4.98 Å². The molecule has 0 aliphatic heterocycles. The second kappa shape index (κ2) is 8.93. The Bertz CT molecular complexity index is 629. The lowest BCUT2D eigenvalue weighted by molar-refractivity contribution is -0.118. The molecule has 1 heterocycles. The average molecular weight is 362 g/mol. The molecule has 1 amide bonds. The molecule has 0 spiro atoms. The van der Waals surface area contributed by atoms with E-state index < -0.39 is 0 Å². The van der Waals surface area contributed by atoms with Gasteiger partial charge in [-0.3, -0.25) is 4.79 Å². The van der Waals surface area contributed by atoms with Crippen LogP contribution in [-0.2, 0) is 4.79 Å². The molecule has 0 unspecified atom stereocenters. The summed E-state index contributed by atoms with van der Waals surface area (Å²) in [6, 6.07) is 0.574. The van der Waals surface area contributed by atoms with E-state index in [1.165, 1.54) is 62.6 Å². The van der Waals surface area contributed by atoms with Gasteiger partial charge in [0.15, 0.2) is 5.16 Å². The minimum absolute atomic E-state index is 0.123. The van der Waals surface area contributed by atoms with Crippen molar-refractivity contribution in [3.63, 3.8) is 0 Å². The van der Waals surface area contributed by atoms with Crippen LogP contribution >= 0.6 is 11.8 Å². The zero-order chi connectivity index (χ0) is 17.6. The van der Waals surface area contributed by atoms with Gasteiger partial charge in [-0.2, -0.15) is 0 Å². The molecule has 1 fully saturated rings. The summed E-state index contributed by atoms with van der Waals surface area (Å²) in [7, 11) is 0. The largest absolute Gasteiger partial charge is 0.355 e.